The van der Waals surface area contributed by atoms with Gasteiger partial charge in [0.1, 0.15) is 16.6 Å². The molecule has 0 aliphatic carbocycles. The molecule has 0 bridgehead atoms. The number of aromatic carboxylic acids is 1. The normalized spacial score (nSPS) is 10.1. The van der Waals surface area contributed by atoms with Crippen LogP contribution < -0.4 is 10.1 Å². The molecule has 1 aromatic heterocycles. The van der Waals surface area contributed by atoms with Crippen LogP contribution in [0.4, 0.5) is 9.39 Å². The maximum Gasteiger partial charge on any atom is 0.338 e. The van der Waals surface area contributed by atoms with E-state index in [9.17, 15) is 14.0 Å². The van der Waals surface area contributed by atoms with Crippen LogP contribution in [0, 0.1) is 5.82 Å². The number of rotatable bonds is 6. The van der Waals surface area contributed by atoms with Crippen LogP contribution >= 0.6 is 11.3 Å². The van der Waals surface area contributed by atoms with Gasteiger partial charge < -0.3 is 15.2 Å². The molecule has 0 atom stereocenters. The molecule has 2 aromatic rings. The number of thiophene rings is 1. The first-order chi connectivity index (χ1) is 10.1. The Bertz CT molecular complexity index is 656. The van der Waals surface area contributed by atoms with Crippen LogP contribution in [0.3, 0.4) is 0 Å². The minimum absolute atomic E-state index is 0.0352. The highest BCUT2D eigenvalue weighted by Gasteiger charge is 2.13. The van der Waals surface area contributed by atoms with Crippen LogP contribution in [0.1, 0.15) is 16.8 Å². The first-order valence-electron chi connectivity index (χ1n) is 6.05. The van der Waals surface area contributed by atoms with Crippen molar-refractivity contribution in [3.8, 4) is 5.75 Å². The third kappa shape index (κ3) is 4.28. The Kier molecular flexibility index (Phi) is 4.89. The highest BCUT2D eigenvalue weighted by Crippen LogP contribution is 2.23. The molecule has 110 valence electrons. The topological polar surface area (TPSA) is 75.6 Å². The lowest BCUT2D eigenvalue weighted by molar-refractivity contribution is -0.116. The number of halogens is 1. The van der Waals surface area contributed by atoms with E-state index in [-0.39, 0.29) is 24.5 Å². The minimum Gasteiger partial charge on any atom is -0.493 e. The molecule has 0 unspecified atom stereocenters. The van der Waals surface area contributed by atoms with Crippen molar-refractivity contribution in [1.82, 2.24) is 0 Å². The van der Waals surface area contributed by atoms with Crippen LogP contribution in [-0.4, -0.2) is 23.6 Å². The Hall–Kier alpha value is -2.41. The molecule has 7 heteroatoms. The van der Waals surface area contributed by atoms with Crippen molar-refractivity contribution in [2.24, 2.45) is 0 Å². The number of anilines is 1. The zero-order valence-corrected chi connectivity index (χ0v) is 11.7. The first-order valence-corrected chi connectivity index (χ1v) is 6.93. The van der Waals surface area contributed by atoms with Gasteiger partial charge in [-0.05, 0) is 23.6 Å². The van der Waals surface area contributed by atoms with E-state index < -0.39 is 11.8 Å². The number of benzene rings is 1. The quantitative estimate of drug-likeness (QED) is 0.860. The number of carbonyl (C=O) groups is 2. The molecule has 0 saturated heterocycles. The summed E-state index contributed by atoms with van der Waals surface area (Å²) in [5.74, 6) is -1.54. The molecule has 0 aliphatic heterocycles. The number of ether oxygens (including phenoxy) is 1. The molecule has 1 aromatic carbocycles. The summed E-state index contributed by atoms with van der Waals surface area (Å²) in [5.41, 5.74) is 0.0550. The van der Waals surface area contributed by atoms with E-state index in [1.54, 1.807) is 11.4 Å². The SMILES string of the molecule is O=C(CCOc1cccc(F)c1)Nc1sccc1C(=O)O. The van der Waals surface area contributed by atoms with Crippen LogP contribution in [0.25, 0.3) is 0 Å². The van der Waals surface area contributed by atoms with Gasteiger partial charge in [0, 0.05) is 6.07 Å². The largest absolute Gasteiger partial charge is 0.493 e. The molecule has 2 rings (SSSR count). The van der Waals surface area contributed by atoms with Crippen LogP contribution in [0.15, 0.2) is 35.7 Å². The molecule has 0 saturated carbocycles. The second-order valence-corrected chi connectivity index (χ2v) is 4.99. The number of carbonyl (C=O) groups excluding carboxylic acids is 1. The number of carboxylic acids is 1. The van der Waals surface area contributed by atoms with Crippen molar-refractivity contribution in [1.29, 1.82) is 0 Å². The monoisotopic (exact) mass is 309 g/mol. The highest BCUT2D eigenvalue weighted by molar-refractivity contribution is 7.14. The number of hydrogen-bond acceptors (Lipinski definition) is 4. The van der Waals surface area contributed by atoms with Crippen molar-refractivity contribution >= 4 is 28.2 Å². The van der Waals surface area contributed by atoms with E-state index in [0.29, 0.717) is 10.8 Å². The summed E-state index contributed by atoms with van der Waals surface area (Å²) in [6.45, 7) is 0.0725. The summed E-state index contributed by atoms with van der Waals surface area (Å²) in [5, 5.41) is 13.3. The lowest BCUT2D eigenvalue weighted by Crippen LogP contribution is -2.16. The van der Waals surface area contributed by atoms with Crippen molar-refractivity contribution in [3.63, 3.8) is 0 Å². The second kappa shape index (κ2) is 6.85. The molecule has 0 fully saturated rings. The molecule has 0 spiro atoms. The molecule has 1 amide bonds. The molecule has 21 heavy (non-hydrogen) atoms. The molecular formula is C14H12FNO4S. The molecule has 2 N–H and O–H groups in total. The number of hydrogen-bond donors (Lipinski definition) is 2. The highest BCUT2D eigenvalue weighted by atomic mass is 32.1. The molecular weight excluding hydrogens is 297 g/mol. The van der Waals surface area contributed by atoms with Gasteiger partial charge in [-0.1, -0.05) is 6.07 Å². The maximum atomic E-state index is 12.9. The second-order valence-electron chi connectivity index (χ2n) is 4.07. The van der Waals surface area contributed by atoms with Crippen LogP contribution in [0.5, 0.6) is 5.75 Å². The third-order valence-electron chi connectivity index (χ3n) is 2.54. The zero-order chi connectivity index (χ0) is 15.2. The zero-order valence-electron chi connectivity index (χ0n) is 10.8. The Morgan fingerprint density at radius 3 is 2.86 bits per heavy atom. The maximum absolute atomic E-state index is 12.9. The number of nitrogens with one attached hydrogen (secondary N) is 1. The van der Waals surface area contributed by atoms with Crippen LogP contribution in [0.2, 0.25) is 0 Å². The van der Waals surface area contributed by atoms with Gasteiger partial charge in [-0.3, -0.25) is 4.79 Å². The van der Waals surface area contributed by atoms with Gasteiger partial charge in [-0.25, -0.2) is 9.18 Å². The van der Waals surface area contributed by atoms with E-state index in [1.165, 1.54) is 24.3 Å². The Labute approximate surface area is 124 Å². The Morgan fingerprint density at radius 1 is 1.33 bits per heavy atom. The molecule has 1 heterocycles. The fourth-order valence-corrected chi connectivity index (χ4v) is 2.38. The molecule has 0 aliphatic rings. The summed E-state index contributed by atoms with van der Waals surface area (Å²) in [7, 11) is 0. The van der Waals surface area contributed by atoms with Crippen molar-refractivity contribution < 1.29 is 23.8 Å². The standard InChI is InChI=1S/C14H12FNO4S/c15-9-2-1-3-10(8-9)20-6-4-12(17)16-13-11(14(18)19)5-7-21-13/h1-3,5,7-8H,4,6H2,(H,16,17)(H,18,19). The van der Waals surface area contributed by atoms with Gasteiger partial charge in [-0.15, -0.1) is 11.3 Å². The summed E-state index contributed by atoms with van der Waals surface area (Å²) in [6.07, 6.45) is 0.0352. The number of amides is 1. The van der Waals surface area contributed by atoms with Gasteiger partial charge in [0.05, 0.1) is 18.6 Å². The lowest BCUT2D eigenvalue weighted by Gasteiger charge is -2.07. The predicted octanol–water partition coefficient (Wildman–Crippen LogP) is 2.99. The third-order valence-corrected chi connectivity index (χ3v) is 3.37. The van der Waals surface area contributed by atoms with Crippen LogP contribution in [-0.2, 0) is 4.79 Å². The van der Waals surface area contributed by atoms with Crippen molar-refractivity contribution in [2.75, 3.05) is 11.9 Å². The van der Waals surface area contributed by atoms with E-state index >= 15 is 0 Å². The van der Waals surface area contributed by atoms with E-state index in [1.807, 2.05) is 0 Å². The lowest BCUT2D eigenvalue weighted by atomic mass is 10.3. The smallest absolute Gasteiger partial charge is 0.338 e. The predicted molar refractivity (Wildman–Crippen MR) is 76.4 cm³/mol. The summed E-state index contributed by atoms with van der Waals surface area (Å²) in [6, 6.07) is 7.04. The van der Waals surface area contributed by atoms with E-state index in [4.69, 9.17) is 9.84 Å². The van der Waals surface area contributed by atoms with E-state index in [2.05, 4.69) is 5.32 Å². The van der Waals surface area contributed by atoms with Crippen molar-refractivity contribution in [3.05, 3.63) is 47.1 Å². The summed E-state index contributed by atoms with van der Waals surface area (Å²) in [4.78, 5) is 22.6. The minimum atomic E-state index is -1.09. The molecule has 5 nitrogen and oxygen atoms in total. The van der Waals surface area contributed by atoms with Gasteiger partial charge >= 0.3 is 5.97 Å². The van der Waals surface area contributed by atoms with Gasteiger partial charge in [-0.2, -0.15) is 0 Å². The van der Waals surface area contributed by atoms with Gasteiger partial charge in [0.2, 0.25) is 5.91 Å². The molecule has 0 radical (unpaired) electrons. The average Bonchev–Trinajstić information content (AvgIpc) is 2.87. The van der Waals surface area contributed by atoms with Gasteiger partial charge in [0.25, 0.3) is 0 Å². The fourth-order valence-electron chi connectivity index (χ4n) is 1.58. The summed E-state index contributed by atoms with van der Waals surface area (Å²) >= 11 is 1.13. The van der Waals surface area contributed by atoms with Gasteiger partial charge in [0.15, 0.2) is 0 Å². The number of carboxylic acid groups (broad SMARTS) is 1. The van der Waals surface area contributed by atoms with E-state index in [0.717, 1.165) is 11.3 Å². The first kappa shape index (κ1) is 15.0. The fraction of sp³-hybridized carbons (Fsp3) is 0.143. The Morgan fingerprint density at radius 2 is 2.14 bits per heavy atom. The Balaban J connectivity index is 1.82. The average molecular weight is 309 g/mol. The summed E-state index contributed by atoms with van der Waals surface area (Å²) < 4.78 is 18.2. The van der Waals surface area contributed by atoms with Crippen molar-refractivity contribution in [2.45, 2.75) is 6.42 Å².